The first-order chi connectivity index (χ1) is 43.1. The Morgan fingerprint density at radius 1 is 0.287 bits per heavy atom. The molecule has 0 saturated heterocycles. The third-order valence-electron chi connectivity index (χ3n) is 17.0. The van der Waals surface area contributed by atoms with Crippen LogP contribution in [0, 0.1) is 0 Å². The number of aryl methyl sites for hydroxylation is 1. The monoisotopic (exact) mass is 1150 g/mol. The SMILES string of the molecule is CCCCCCCCCCOc1cccc(/C=C/c2cc(/C=C/c3cccc(OCCCCCCCCCC)c3)cc(/C=C/c3ccc4c5ccc(C(=C(c6ccccc6)c6ccccc6)c6ccccc6)cc5n(CCCCCCCC)c4c3)c2)c1. The summed E-state index contributed by atoms with van der Waals surface area (Å²) in [7, 11) is 0. The number of hydrogen-bond acceptors (Lipinski definition) is 2. The van der Waals surface area contributed by atoms with Crippen molar-refractivity contribution in [2.24, 2.45) is 0 Å². The van der Waals surface area contributed by atoms with Crippen LogP contribution in [0.3, 0.4) is 0 Å². The second kappa shape index (κ2) is 35.7. The molecule has 450 valence electrons. The van der Waals surface area contributed by atoms with Crippen LogP contribution in [0.5, 0.6) is 11.5 Å². The minimum atomic E-state index is 0.758. The minimum absolute atomic E-state index is 0.758. The van der Waals surface area contributed by atoms with Crippen LogP contribution in [-0.4, -0.2) is 17.8 Å². The molecule has 0 saturated carbocycles. The molecule has 1 aromatic heterocycles. The van der Waals surface area contributed by atoms with Crippen molar-refractivity contribution < 1.29 is 9.47 Å². The van der Waals surface area contributed by atoms with Gasteiger partial charge in [-0.1, -0.05) is 319 Å². The van der Waals surface area contributed by atoms with E-state index in [1.165, 1.54) is 183 Å². The standard InChI is InChI=1S/C84H97NO2/c1-4-7-10-13-16-18-21-33-58-86-77-45-35-37-67(63-77)47-50-70-60-71(51-48-68-38-36-46-78(64-68)87-59-34-22-19-17-14-11-8-5-2)62-72(61-70)52-49-69-53-55-79-80-56-54-76(66-82(80)85(81(79)65-69)57-32-20-15-12-9-6-3)84(75-43-30-25-31-44-75)83(73-39-26-23-27-40-73)74-41-28-24-29-42-74/h23-31,35-56,60-66H,4-22,32-34,57-59H2,1-3H3/b50-47+,51-48+,52-49+. The Hall–Kier alpha value is -7.88. The quantitative estimate of drug-likeness (QED) is 0.0286. The summed E-state index contributed by atoms with van der Waals surface area (Å²) in [6.07, 6.45) is 41.7. The zero-order valence-electron chi connectivity index (χ0n) is 52.9. The van der Waals surface area contributed by atoms with Crippen LogP contribution in [0.25, 0.3) is 69.4 Å². The molecule has 0 aliphatic carbocycles. The molecule has 0 aliphatic rings. The molecule has 0 amide bonds. The summed E-state index contributed by atoms with van der Waals surface area (Å²) in [4.78, 5) is 0. The van der Waals surface area contributed by atoms with Gasteiger partial charge in [-0.05, 0) is 141 Å². The largest absolute Gasteiger partial charge is 0.494 e. The van der Waals surface area contributed by atoms with Crippen LogP contribution in [0.1, 0.15) is 218 Å². The van der Waals surface area contributed by atoms with E-state index in [0.29, 0.717) is 0 Å². The summed E-state index contributed by atoms with van der Waals surface area (Å²) in [5.41, 5.74) is 16.7. The molecule has 3 nitrogen and oxygen atoms in total. The molecular weight excluding hydrogens is 1050 g/mol. The molecule has 0 aliphatic heterocycles. The van der Waals surface area contributed by atoms with Crippen molar-refractivity contribution in [3.05, 3.63) is 250 Å². The molecule has 87 heavy (non-hydrogen) atoms. The number of nitrogens with zero attached hydrogens (tertiary/aromatic N) is 1. The minimum Gasteiger partial charge on any atom is -0.494 e. The van der Waals surface area contributed by atoms with Gasteiger partial charge in [0.25, 0.3) is 0 Å². The fraction of sp³-hybridized carbons (Fsp3) is 0.333. The number of hydrogen-bond donors (Lipinski definition) is 0. The molecule has 9 rings (SSSR count). The third kappa shape index (κ3) is 19.8. The maximum atomic E-state index is 6.28. The predicted molar refractivity (Wildman–Crippen MR) is 379 cm³/mol. The van der Waals surface area contributed by atoms with Crippen molar-refractivity contribution in [1.82, 2.24) is 4.57 Å². The Kier molecular flexibility index (Phi) is 26.1. The van der Waals surface area contributed by atoms with Gasteiger partial charge < -0.3 is 14.0 Å². The average Bonchev–Trinajstić information content (AvgIpc) is 1.83. The van der Waals surface area contributed by atoms with Crippen molar-refractivity contribution in [2.75, 3.05) is 13.2 Å². The van der Waals surface area contributed by atoms with E-state index in [2.05, 4.69) is 256 Å². The summed E-state index contributed by atoms with van der Waals surface area (Å²) in [5.74, 6) is 1.86. The van der Waals surface area contributed by atoms with E-state index >= 15 is 0 Å². The molecule has 0 radical (unpaired) electrons. The number of rotatable bonds is 37. The zero-order chi connectivity index (χ0) is 59.9. The van der Waals surface area contributed by atoms with E-state index < -0.39 is 0 Å². The lowest BCUT2D eigenvalue weighted by atomic mass is 9.85. The van der Waals surface area contributed by atoms with Gasteiger partial charge in [0.1, 0.15) is 11.5 Å². The zero-order valence-corrected chi connectivity index (χ0v) is 52.9. The molecule has 0 fully saturated rings. The van der Waals surface area contributed by atoms with Crippen molar-refractivity contribution in [3.8, 4) is 11.5 Å². The first-order valence-electron chi connectivity index (χ1n) is 33.7. The highest BCUT2D eigenvalue weighted by Gasteiger charge is 2.19. The second-order valence-corrected chi connectivity index (χ2v) is 24.0. The van der Waals surface area contributed by atoms with E-state index in [4.69, 9.17) is 9.47 Å². The molecular formula is C84H97NO2. The number of unbranched alkanes of at least 4 members (excludes halogenated alkanes) is 19. The number of aromatic nitrogens is 1. The van der Waals surface area contributed by atoms with Crippen molar-refractivity contribution in [3.63, 3.8) is 0 Å². The normalized spacial score (nSPS) is 11.7. The Bertz CT molecular complexity index is 3460. The summed E-state index contributed by atoms with van der Waals surface area (Å²) in [6.45, 7) is 9.35. The molecule has 0 spiro atoms. The van der Waals surface area contributed by atoms with Gasteiger partial charge >= 0.3 is 0 Å². The summed E-state index contributed by atoms with van der Waals surface area (Å²) >= 11 is 0. The third-order valence-corrected chi connectivity index (χ3v) is 17.0. The summed E-state index contributed by atoms with van der Waals surface area (Å²) in [6, 6.07) is 71.1. The number of fused-ring (bicyclic) bond motifs is 3. The lowest BCUT2D eigenvalue weighted by Crippen LogP contribution is -2.00. The van der Waals surface area contributed by atoms with Gasteiger partial charge in [0.2, 0.25) is 0 Å². The molecule has 9 aromatic rings. The molecule has 0 bridgehead atoms. The number of ether oxygens (including phenoxy) is 2. The maximum absolute atomic E-state index is 6.28. The van der Waals surface area contributed by atoms with Crippen LogP contribution >= 0.6 is 0 Å². The number of benzene rings is 8. The van der Waals surface area contributed by atoms with Crippen molar-refractivity contribution in [2.45, 2.75) is 169 Å². The van der Waals surface area contributed by atoms with Gasteiger partial charge in [-0.25, -0.2) is 0 Å². The van der Waals surface area contributed by atoms with Crippen LogP contribution in [0.4, 0.5) is 0 Å². The molecule has 0 atom stereocenters. The van der Waals surface area contributed by atoms with E-state index in [1.54, 1.807) is 0 Å². The van der Waals surface area contributed by atoms with Gasteiger partial charge in [0, 0.05) is 28.4 Å². The Morgan fingerprint density at radius 3 is 1.08 bits per heavy atom. The topological polar surface area (TPSA) is 23.4 Å². The second-order valence-electron chi connectivity index (χ2n) is 24.0. The van der Waals surface area contributed by atoms with E-state index in [1.807, 2.05) is 0 Å². The molecule has 0 N–H and O–H groups in total. The van der Waals surface area contributed by atoms with Crippen LogP contribution < -0.4 is 9.47 Å². The highest BCUT2D eigenvalue weighted by Crippen LogP contribution is 2.40. The van der Waals surface area contributed by atoms with Crippen molar-refractivity contribution in [1.29, 1.82) is 0 Å². The van der Waals surface area contributed by atoms with Gasteiger partial charge in [-0.3, -0.25) is 0 Å². The van der Waals surface area contributed by atoms with E-state index in [0.717, 1.165) is 78.3 Å². The Morgan fingerprint density at radius 2 is 0.644 bits per heavy atom. The smallest absolute Gasteiger partial charge is 0.119 e. The predicted octanol–water partition coefficient (Wildman–Crippen LogP) is 24.7. The van der Waals surface area contributed by atoms with Gasteiger partial charge in [0.15, 0.2) is 0 Å². The van der Waals surface area contributed by atoms with Gasteiger partial charge in [0.05, 0.1) is 13.2 Å². The van der Waals surface area contributed by atoms with Crippen LogP contribution in [-0.2, 0) is 6.54 Å². The Labute approximate surface area is 523 Å². The highest BCUT2D eigenvalue weighted by molar-refractivity contribution is 6.11. The van der Waals surface area contributed by atoms with E-state index in [9.17, 15) is 0 Å². The molecule has 3 heteroatoms. The molecule has 1 heterocycles. The lowest BCUT2D eigenvalue weighted by Gasteiger charge is -2.18. The van der Waals surface area contributed by atoms with E-state index in [-0.39, 0.29) is 0 Å². The summed E-state index contributed by atoms with van der Waals surface area (Å²) in [5, 5.41) is 2.59. The lowest BCUT2D eigenvalue weighted by molar-refractivity contribution is 0.304. The van der Waals surface area contributed by atoms with Crippen LogP contribution in [0.2, 0.25) is 0 Å². The summed E-state index contributed by atoms with van der Waals surface area (Å²) < 4.78 is 15.2. The van der Waals surface area contributed by atoms with Crippen LogP contribution in [0.15, 0.2) is 194 Å². The maximum Gasteiger partial charge on any atom is 0.119 e. The van der Waals surface area contributed by atoms with Gasteiger partial charge in [-0.2, -0.15) is 0 Å². The first-order valence-corrected chi connectivity index (χ1v) is 33.7. The fourth-order valence-electron chi connectivity index (χ4n) is 12.2. The molecule has 8 aromatic carbocycles. The molecule has 0 unspecified atom stereocenters. The Balaban J connectivity index is 1.02. The fourth-order valence-corrected chi connectivity index (χ4v) is 12.2. The average molecular weight is 1150 g/mol. The van der Waals surface area contributed by atoms with Gasteiger partial charge in [-0.15, -0.1) is 0 Å². The first kappa shape index (κ1) is 63.6. The van der Waals surface area contributed by atoms with Crippen molar-refractivity contribution >= 4 is 69.4 Å². The highest BCUT2D eigenvalue weighted by atomic mass is 16.5.